The number of nitrogens with one attached hydrogen (secondary N) is 3. The molecule has 7 heteroatoms. The van der Waals surface area contributed by atoms with Crippen LogP contribution in [0.1, 0.15) is 26.4 Å². The van der Waals surface area contributed by atoms with Crippen molar-refractivity contribution in [3.63, 3.8) is 0 Å². The molecule has 0 atom stereocenters. The van der Waals surface area contributed by atoms with Crippen molar-refractivity contribution in [1.82, 2.24) is 5.32 Å². The van der Waals surface area contributed by atoms with Gasteiger partial charge in [0.1, 0.15) is 0 Å². The number of hydrogen-bond acceptors (Lipinski definition) is 6. The van der Waals surface area contributed by atoms with Crippen molar-refractivity contribution < 1.29 is 4.79 Å². The normalized spacial score (nSPS) is 10.5. The number of anilines is 2. The fourth-order valence-electron chi connectivity index (χ4n) is 3.07. The Balaban J connectivity index is 1.36. The van der Waals surface area contributed by atoms with Gasteiger partial charge in [0.15, 0.2) is 0 Å². The summed E-state index contributed by atoms with van der Waals surface area (Å²) in [6.07, 6.45) is 0. The Morgan fingerprint density at radius 1 is 0.906 bits per heavy atom. The Morgan fingerprint density at radius 3 is 2.31 bits per heavy atom. The smallest absolute Gasteiger partial charge is 0.251 e. The first-order chi connectivity index (χ1) is 15.6. The van der Waals surface area contributed by atoms with E-state index in [1.165, 1.54) is 11.9 Å². The zero-order chi connectivity index (χ0) is 22.3. The molecule has 0 unspecified atom stereocenters. The molecule has 0 fully saturated rings. The van der Waals surface area contributed by atoms with E-state index in [-0.39, 0.29) is 5.91 Å². The molecule has 0 aliphatic carbocycles. The average molecular weight is 459 g/mol. The molecule has 4 rings (SSSR count). The minimum Gasteiger partial charge on any atom is -0.398 e. The van der Waals surface area contributed by atoms with Crippen LogP contribution in [0.25, 0.3) is 0 Å². The predicted molar refractivity (Wildman–Crippen MR) is 135 cm³/mol. The number of amides is 1. The Kier molecular flexibility index (Phi) is 6.89. The lowest BCUT2D eigenvalue weighted by molar-refractivity contribution is 0.0951. The van der Waals surface area contributed by atoms with Crippen LogP contribution in [0.4, 0.5) is 11.4 Å². The van der Waals surface area contributed by atoms with Gasteiger partial charge in [0.25, 0.3) is 5.91 Å². The van der Waals surface area contributed by atoms with Gasteiger partial charge in [-0.25, -0.2) is 0 Å². The van der Waals surface area contributed by atoms with Gasteiger partial charge in [0.05, 0.1) is 16.5 Å². The van der Waals surface area contributed by atoms with E-state index in [1.54, 1.807) is 23.5 Å². The molecule has 5 N–H and O–H groups in total. The third kappa shape index (κ3) is 5.38. The fourth-order valence-corrected chi connectivity index (χ4v) is 4.84. The molecule has 4 aromatic rings. The highest BCUT2D eigenvalue weighted by Gasteiger charge is 2.10. The maximum absolute atomic E-state index is 12.2. The highest BCUT2D eigenvalue weighted by atomic mass is 32.2. The first-order valence-electron chi connectivity index (χ1n) is 9.99. The molecule has 0 bridgehead atoms. The summed E-state index contributed by atoms with van der Waals surface area (Å²) in [7, 11) is 0. The summed E-state index contributed by atoms with van der Waals surface area (Å²) in [6, 6.07) is 28.4. The molecule has 0 aliphatic heterocycles. The van der Waals surface area contributed by atoms with Crippen LogP contribution in [0, 0.1) is 5.41 Å². The predicted octanol–water partition coefficient (Wildman–Crippen LogP) is 5.80. The van der Waals surface area contributed by atoms with E-state index >= 15 is 0 Å². The summed E-state index contributed by atoms with van der Waals surface area (Å²) in [5.41, 5.74) is 10.1. The lowest BCUT2D eigenvalue weighted by atomic mass is 10.0. The summed E-state index contributed by atoms with van der Waals surface area (Å²) in [6.45, 7) is 0.485. The molecule has 0 spiro atoms. The van der Waals surface area contributed by atoms with E-state index in [0.717, 1.165) is 20.3 Å². The van der Waals surface area contributed by atoms with Crippen LogP contribution in [0.15, 0.2) is 95.2 Å². The molecule has 0 saturated carbocycles. The molecule has 1 heterocycles. The lowest BCUT2D eigenvalue weighted by Crippen LogP contribution is -2.22. The van der Waals surface area contributed by atoms with Gasteiger partial charge in [-0.1, -0.05) is 48.5 Å². The van der Waals surface area contributed by atoms with Gasteiger partial charge >= 0.3 is 0 Å². The van der Waals surface area contributed by atoms with Gasteiger partial charge in [-0.05, 0) is 54.4 Å². The molecule has 160 valence electrons. The number of benzene rings is 3. The first-order valence-corrected chi connectivity index (χ1v) is 11.6. The molecule has 5 nitrogen and oxygen atoms in total. The summed E-state index contributed by atoms with van der Waals surface area (Å²) in [5, 5.41) is 11.5. The molecule has 0 saturated heterocycles. The Morgan fingerprint density at radius 2 is 1.59 bits per heavy atom. The van der Waals surface area contributed by atoms with E-state index in [1.807, 2.05) is 78.9 Å². The maximum atomic E-state index is 12.2. The van der Waals surface area contributed by atoms with Gasteiger partial charge in [0, 0.05) is 32.9 Å². The highest BCUT2D eigenvalue weighted by Crippen LogP contribution is 2.30. The fraction of sp³-hybridized carbons (Fsp3) is 0.0400. The van der Waals surface area contributed by atoms with Gasteiger partial charge in [0.2, 0.25) is 0 Å². The lowest BCUT2D eigenvalue weighted by Gasteiger charge is -2.11. The number of rotatable bonds is 8. The van der Waals surface area contributed by atoms with E-state index in [2.05, 4.69) is 10.0 Å². The molecular formula is C25H22N4OS2. The molecule has 3 aromatic carbocycles. The average Bonchev–Trinajstić information content (AvgIpc) is 3.30. The second kappa shape index (κ2) is 10.2. The Bertz CT molecular complexity index is 1220. The first kappa shape index (κ1) is 21.7. The van der Waals surface area contributed by atoms with Gasteiger partial charge in [-0.2, -0.15) is 0 Å². The van der Waals surface area contributed by atoms with Crippen molar-refractivity contribution in [3.8, 4) is 0 Å². The molecular weight excluding hydrogens is 436 g/mol. The van der Waals surface area contributed by atoms with Crippen LogP contribution < -0.4 is 15.8 Å². The topological polar surface area (TPSA) is 91.0 Å². The zero-order valence-electron chi connectivity index (χ0n) is 17.2. The number of carbonyl (C=O) groups excluding carboxylic acids is 1. The van der Waals surface area contributed by atoms with Crippen LogP contribution in [0.3, 0.4) is 0 Å². The van der Waals surface area contributed by atoms with Gasteiger partial charge in [-0.15, -0.1) is 11.3 Å². The molecule has 0 radical (unpaired) electrons. The number of hydrogen-bond donors (Lipinski definition) is 4. The molecule has 1 aromatic heterocycles. The number of nitrogens with two attached hydrogens (primary N) is 1. The summed E-state index contributed by atoms with van der Waals surface area (Å²) in [5.74, 6) is -0.0819. The quantitative estimate of drug-likeness (QED) is 0.153. The Hall–Kier alpha value is -3.55. The monoisotopic (exact) mass is 458 g/mol. The van der Waals surface area contributed by atoms with Crippen LogP contribution in [0.5, 0.6) is 0 Å². The van der Waals surface area contributed by atoms with Crippen molar-refractivity contribution in [2.24, 2.45) is 0 Å². The van der Waals surface area contributed by atoms with Crippen LogP contribution in [-0.4, -0.2) is 11.6 Å². The maximum Gasteiger partial charge on any atom is 0.251 e. The molecule has 1 amide bonds. The zero-order valence-corrected chi connectivity index (χ0v) is 18.8. The van der Waals surface area contributed by atoms with E-state index < -0.39 is 0 Å². The van der Waals surface area contributed by atoms with Crippen molar-refractivity contribution in [1.29, 1.82) is 5.41 Å². The van der Waals surface area contributed by atoms with E-state index in [4.69, 9.17) is 11.1 Å². The summed E-state index contributed by atoms with van der Waals surface area (Å²) < 4.78 is 4.40. The van der Waals surface area contributed by atoms with Crippen LogP contribution in [-0.2, 0) is 6.54 Å². The van der Waals surface area contributed by atoms with Gasteiger partial charge in [-0.3, -0.25) is 10.2 Å². The van der Waals surface area contributed by atoms with Crippen molar-refractivity contribution in [3.05, 3.63) is 113 Å². The van der Waals surface area contributed by atoms with Crippen LogP contribution >= 0.6 is 23.3 Å². The third-order valence-corrected chi connectivity index (χ3v) is 6.81. The molecule has 32 heavy (non-hydrogen) atoms. The van der Waals surface area contributed by atoms with E-state index in [0.29, 0.717) is 29.1 Å². The van der Waals surface area contributed by atoms with Crippen molar-refractivity contribution in [2.75, 3.05) is 10.5 Å². The number of nitrogen functional groups attached to an aromatic ring is 1. The summed E-state index contributed by atoms with van der Waals surface area (Å²) in [4.78, 5) is 13.3. The SMILES string of the molecule is N=C(c1ccccc1)c1cc(NSc2ccc(CNC(=O)c3ccccc3)s2)ccc1N. The molecule has 0 aliphatic rings. The highest BCUT2D eigenvalue weighted by molar-refractivity contribution is 8.02. The summed E-state index contributed by atoms with van der Waals surface area (Å²) >= 11 is 3.11. The second-order valence-corrected chi connectivity index (χ2v) is 9.29. The van der Waals surface area contributed by atoms with Crippen molar-refractivity contribution >= 4 is 46.3 Å². The Labute approximate surface area is 195 Å². The van der Waals surface area contributed by atoms with Gasteiger partial charge < -0.3 is 15.8 Å². The number of thiophene rings is 1. The van der Waals surface area contributed by atoms with Crippen molar-refractivity contribution in [2.45, 2.75) is 10.8 Å². The minimum absolute atomic E-state index is 0.0819. The van der Waals surface area contributed by atoms with E-state index in [9.17, 15) is 4.79 Å². The largest absolute Gasteiger partial charge is 0.398 e. The van der Waals surface area contributed by atoms with Crippen LogP contribution in [0.2, 0.25) is 0 Å². The second-order valence-electron chi connectivity index (χ2n) is 7.02. The third-order valence-electron chi connectivity index (χ3n) is 4.75. The number of carbonyl (C=O) groups is 1. The minimum atomic E-state index is -0.0819. The standard InChI is InChI=1S/C25H22N4OS2/c26-22-13-11-19(15-21(22)24(27)17-7-3-1-4-8-17)29-32-23-14-12-20(31-23)16-28-25(30)18-9-5-2-6-10-18/h1-15,27,29H,16,26H2,(H,28,30).